The molecule has 1 atom stereocenters. The van der Waals surface area contributed by atoms with Crippen LogP contribution >= 0.6 is 27.5 Å². The van der Waals surface area contributed by atoms with E-state index in [-0.39, 0.29) is 0 Å². The Hall–Kier alpha value is -1.69. The zero-order valence-corrected chi connectivity index (χ0v) is 13.2. The first-order chi connectivity index (χ1) is 10.1. The number of aromatic nitrogens is 2. The topological polar surface area (TPSA) is 64.9 Å². The average molecular weight is 365 g/mol. The van der Waals surface area contributed by atoms with Crippen LogP contribution in [-0.4, -0.2) is 10.2 Å². The van der Waals surface area contributed by atoms with Gasteiger partial charge in [0.05, 0.1) is 5.56 Å². The minimum Gasteiger partial charge on any atom is -0.419 e. The van der Waals surface area contributed by atoms with Crippen LogP contribution in [0, 0.1) is 0 Å². The summed E-state index contributed by atoms with van der Waals surface area (Å²) in [5.41, 5.74) is 7.79. The molecular weight excluding hydrogens is 354 g/mol. The zero-order chi connectivity index (χ0) is 14.8. The maximum absolute atomic E-state index is 6.14. The van der Waals surface area contributed by atoms with Crippen LogP contribution in [-0.2, 0) is 0 Å². The molecule has 0 saturated carbocycles. The number of nitrogens with zero attached hydrogens (tertiary/aromatic N) is 2. The summed E-state index contributed by atoms with van der Waals surface area (Å²) in [7, 11) is 0. The molecule has 21 heavy (non-hydrogen) atoms. The fourth-order valence-electron chi connectivity index (χ4n) is 1.93. The van der Waals surface area contributed by atoms with Gasteiger partial charge in [0.2, 0.25) is 11.8 Å². The Morgan fingerprint density at radius 3 is 2.62 bits per heavy atom. The Labute approximate surface area is 135 Å². The molecule has 0 amide bonds. The van der Waals surface area contributed by atoms with Crippen molar-refractivity contribution in [3.05, 3.63) is 69.5 Å². The van der Waals surface area contributed by atoms with Gasteiger partial charge < -0.3 is 10.2 Å². The normalized spacial score (nSPS) is 12.3. The second-order valence-electron chi connectivity index (χ2n) is 4.46. The molecule has 0 fully saturated rings. The minimum absolute atomic E-state index is 0.364. The molecule has 2 aromatic carbocycles. The first-order valence-electron chi connectivity index (χ1n) is 6.24. The van der Waals surface area contributed by atoms with E-state index in [9.17, 15) is 0 Å². The van der Waals surface area contributed by atoms with E-state index in [0.29, 0.717) is 16.8 Å². The van der Waals surface area contributed by atoms with E-state index in [2.05, 4.69) is 26.1 Å². The molecule has 1 heterocycles. The number of halogens is 2. The quantitative estimate of drug-likeness (QED) is 0.756. The lowest BCUT2D eigenvalue weighted by atomic mass is 10.1. The molecule has 2 N–H and O–H groups in total. The Balaban J connectivity index is 1.95. The maximum atomic E-state index is 6.14. The van der Waals surface area contributed by atoms with Crippen molar-refractivity contribution in [1.29, 1.82) is 0 Å². The van der Waals surface area contributed by atoms with Crippen molar-refractivity contribution in [2.75, 3.05) is 0 Å². The molecule has 106 valence electrons. The van der Waals surface area contributed by atoms with Gasteiger partial charge in [-0.25, -0.2) is 0 Å². The fourth-order valence-corrected chi connectivity index (χ4v) is 2.52. The summed E-state index contributed by atoms with van der Waals surface area (Å²) in [5, 5.41) is 8.68. The molecular formula is C15H11BrClN3O. The van der Waals surface area contributed by atoms with E-state index in [1.165, 1.54) is 0 Å². The molecule has 1 aromatic heterocycles. The lowest BCUT2D eigenvalue weighted by molar-refractivity contribution is 0.484. The second kappa shape index (κ2) is 5.97. The van der Waals surface area contributed by atoms with Gasteiger partial charge in [0.1, 0.15) is 6.04 Å². The van der Waals surface area contributed by atoms with Crippen LogP contribution in [0.5, 0.6) is 0 Å². The smallest absolute Gasteiger partial charge is 0.249 e. The summed E-state index contributed by atoms with van der Waals surface area (Å²) in [6.07, 6.45) is 0. The zero-order valence-electron chi connectivity index (χ0n) is 10.8. The summed E-state index contributed by atoms with van der Waals surface area (Å²) in [6.45, 7) is 0. The van der Waals surface area contributed by atoms with Crippen molar-refractivity contribution in [3.8, 4) is 11.5 Å². The van der Waals surface area contributed by atoms with Gasteiger partial charge in [-0.3, -0.25) is 0 Å². The van der Waals surface area contributed by atoms with Crippen molar-refractivity contribution in [1.82, 2.24) is 10.2 Å². The number of nitrogens with two attached hydrogens (primary N) is 1. The monoisotopic (exact) mass is 363 g/mol. The first kappa shape index (κ1) is 14.3. The van der Waals surface area contributed by atoms with E-state index in [0.717, 1.165) is 15.6 Å². The van der Waals surface area contributed by atoms with Crippen LogP contribution in [0.3, 0.4) is 0 Å². The summed E-state index contributed by atoms with van der Waals surface area (Å²) < 4.78 is 6.51. The van der Waals surface area contributed by atoms with Crippen molar-refractivity contribution in [3.63, 3.8) is 0 Å². The molecule has 0 bridgehead atoms. The Morgan fingerprint density at radius 2 is 1.86 bits per heavy atom. The van der Waals surface area contributed by atoms with Gasteiger partial charge in [0.15, 0.2) is 0 Å². The third-order valence-corrected chi connectivity index (χ3v) is 3.95. The predicted octanol–water partition coefficient (Wildman–Crippen LogP) is 4.20. The van der Waals surface area contributed by atoms with Crippen LogP contribution in [0.4, 0.5) is 0 Å². The van der Waals surface area contributed by atoms with E-state index >= 15 is 0 Å². The predicted molar refractivity (Wildman–Crippen MR) is 84.9 cm³/mol. The molecule has 1 unspecified atom stereocenters. The summed E-state index contributed by atoms with van der Waals surface area (Å²) in [4.78, 5) is 0. The third kappa shape index (κ3) is 3.00. The maximum Gasteiger partial charge on any atom is 0.249 e. The van der Waals surface area contributed by atoms with E-state index < -0.39 is 6.04 Å². The molecule has 0 aliphatic rings. The van der Waals surface area contributed by atoms with Crippen molar-refractivity contribution in [2.24, 2.45) is 5.73 Å². The largest absolute Gasteiger partial charge is 0.419 e. The first-order valence-corrected chi connectivity index (χ1v) is 7.41. The SMILES string of the molecule is NC(c1ccccc1)c1nnc(-c2cc(Cl)ccc2Br)o1. The van der Waals surface area contributed by atoms with Gasteiger partial charge in [-0.15, -0.1) is 10.2 Å². The number of benzene rings is 2. The van der Waals surface area contributed by atoms with Crippen LogP contribution < -0.4 is 5.73 Å². The Kier molecular flexibility index (Phi) is 4.05. The summed E-state index contributed by atoms with van der Waals surface area (Å²) in [5.74, 6) is 0.744. The highest BCUT2D eigenvalue weighted by atomic mass is 79.9. The van der Waals surface area contributed by atoms with Crippen LogP contribution in [0.2, 0.25) is 5.02 Å². The highest BCUT2D eigenvalue weighted by molar-refractivity contribution is 9.10. The van der Waals surface area contributed by atoms with E-state index in [4.69, 9.17) is 21.8 Å². The lowest BCUT2D eigenvalue weighted by Crippen LogP contribution is -2.11. The van der Waals surface area contributed by atoms with Crippen molar-refractivity contribution >= 4 is 27.5 Å². The molecule has 3 aromatic rings. The molecule has 6 heteroatoms. The molecule has 0 radical (unpaired) electrons. The van der Waals surface area contributed by atoms with Crippen LogP contribution in [0.1, 0.15) is 17.5 Å². The van der Waals surface area contributed by atoms with Crippen LogP contribution in [0.15, 0.2) is 57.4 Å². The highest BCUT2D eigenvalue weighted by Gasteiger charge is 2.18. The standard InChI is InChI=1S/C15H11BrClN3O/c16-12-7-6-10(17)8-11(12)14-19-20-15(21-14)13(18)9-4-2-1-3-5-9/h1-8,13H,18H2. The second-order valence-corrected chi connectivity index (χ2v) is 5.75. The van der Waals surface area contributed by atoms with Gasteiger partial charge in [0, 0.05) is 9.50 Å². The number of rotatable bonds is 3. The van der Waals surface area contributed by atoms with Crippen molar-refractivity contribution in [2.45, 2.75) is 6.04 Å². The molecule has 0 spiro atoms. The molecule has 0 aliphatic carbocycles. The van der Waals surface area contributed by atoms with Gasteiger partial charge in [-0.05, 0) is 39.7 Å². The van der Waals surface area contributed by atoms with Crippen molar-refractivity contribution < 1.29 is 4.42 Å². The Bertz CT molecular complexity index is 761. The van der Waals surface area contributed by atoms with E-state index in [1.807, 2.05) is 36.4 Å². The third-order valence-electron chi connectivity index (χ3n) is 3.02. The van der Waals surface area contributed by atoms with Gasteiger partial charge >= 0.3 is 0 Å². The molecule has 0 aliphatic heterocycles. The summed E-state index contributed by atoms with van der Waals surface area (Å²) in [6, 6.07) is 14.5. The molecule has 3 rings (SSSR count). The number of hydrogen-bond donors (Lipinski definition) is 1. The summed E-state index contributed by atoms with van der Waals surface area (Å²) >= 11 is 9.44. The highest BCUT2D eigenvalue weighted by Crippen LogP contribution is 2.31. The van der Waals surface area contributed by atoms with Gasteiger partial charge in [0.25, 0.3) is 0 Å². The number of hydrogen-bond acceptors (Lipinski definition) is 4. The van der Waals surface area contributed by atoms with Crippen LogP contribution in [0.25, 0.3) is 11.5 Å². The molecule has 0 saturated heterocycles. The van der Waals surface area contributed by atoms with E-state index in [1.54, 1.807) is 12.1 Å². The van der Waals surface area contributed by atoms with Gasteiger partial charge in [-0.2, -0.15) is 0 Å². The minimum atomic E-state index is -0.453. The fraction of sp³-hybridized carbons (Fsp3) is 0.0667. The molecule has 4 nitrogen and oxygen atoms in total. The lowest BCUT2D eigenvalue weighted by Gasteiger charge is -2.06. The average Bonchev–Trinajstić information content (AvgIpc) is 2.99. The Morgan fingerprint density at radius 1 is 1.10 bits per heavy atom. The van der Waals surface area contributed by atoms with Gasteiger partial charge in [-0.1, -0.05) is 41.9 Å².